The normalized spacial score (nSPS) is 14.6. The Morgan fingerprint density at radius 2 is 1.90 bits per heavy atom. The lowest BCUT2D eigenvalue weighted by atomic mass is 10.2. The molecule has 0 bridgehead atoms. The lowest BCUT2D eigenvalue weighted by Crippen LogP contribution is -2.48. The maximum Gasteiger partial charge on any atom is 0.222 e. The summed E-state index contributed by atoms with van der Waals surface area (Å²) in [7, 11) is 0. The molecule has 1 fully saturated rings. The maximum absolute atomic E-state index is 12.5. The molecule has 0 saturated carbocycles. The molecule has 1 amide bonds. The van der Waals surface area contributed by atoms with Crippen LogP contribution in [0.3, 0.4) is 0 Å². The number of benzene rings is 2. The molecule has 3 aromatic rings. The van der Waals surface area contributed by atoms with Gasteiger partial charge in [-0.2, -0.15) is 0 Å². The van der Waals surface area contributed by atoms with Gasteiger partial charge in [0.15, 0.2) is 5.13 Å². The van der Waals surface area contributed by atoms with Crippen LogP contribution in [0.5, 0.6) is 0 Å². The molecule has 1 aliphatic rings. The monoisotopic (exact) mass is 445 g/mol. The van der Waals surface area contributed by atoms with E-state index in [2.05, 4.69) is 17.0 Å². The number of rotatable bonds is 6. The molecule has 4 rings (SSSR count). The molecular weight excluding hydrogens is 422 g/mol. The Balaban J connectivity index is 1.26. The highest BCUT2D eigenvalue weighted by molar-refractivity contribution is 7.99. The van der Waals surface area contributed by atoms with Gasteiger partial charge in [-0.25, -0.2) is 4.98 Å². The van der Waals surface area contributed by atoms with Crippen molar-refractivity contribution in [1.29, 1.82) is 0 Å². The summed E-state index contributed by atoms with van der Waals surface area (Å²) in [4.78, 5) is 22.9. The van der Waals surface area contributed by atoms with Crippen LogP contribution in [-0.4, -0.2) is 47.7 Å². The number of hydrogen-bond donors (Lipinski definition) is 0. The van der Waals surface area contributed by atoms with Gasteiger partial charge in [-0.1, -0.05) is 41.1 Å². The van der Waals surface area contributed by atoms with Gasteiger partial charge in [0.05, 0.1) is 10.2 Å². The minimum absolute atomic E-state index is 0.269. The van der Waals surface area contributed by atoms with Crippen molar-refractivity contribution in [2.45, 2.75) is 24.7 Å². The van der Waals surface area contributed by atoms with Gasteiger partial charge in [0.2, 0.25) is 5.91 Å². The van der Waals surface area contributed by atoms with Gasteiger partial charge < -0.3 is 9.80 Å². The van der Waals surface area contributed by atoms with Gasteiger partial charge in [0, 0.05) is 42.5 Å². The van der Waals surface area contributed by atoms with Crippen LogP contribution in [0.25, 0.3) is 10.2 Å². The number of halogens is 1. The molecule has 0 N–H and O–H groups in total. The number of thioether (sulfide) groups is 1. The molecule has 152 valence electrons. The first-order valence-corrected chi connectivity index (χ1v) is 12.1. The molecule has 29 heavy (non-hydrogen) atoms. The summed E-state index contributed by atoms with van der Waals surface area (Å²) < 4.78 is 1.16. The molecule has 0 atom stereocenters. The number of carbonyl (C=O) groups excluding carboxylic acids is 1. The highest BCUT2D eigenvalue weighted by Gasteiger charge is 2.23. The summed E-state index contributed by atoms with van der Waals surface area (Å²) in [5, 5.41) is 1.78. The van der Waals surface area contributed by atoms with Crippen LogP contribution in [0, 0.1) is 6.92 Å². The minimum atomic E-state index is 0.269. The Hall–Kier alpha value is -1.76. The molecule has 1 saturated heterocycles. The van der Waals surface area contributed by atoms with Crippen molar-refractivity contribution in [3.63, 3.8) is 0 Å². The Bertz CT molecular complexity index is 984. The van der Waals surface area contributed by atoms with E-state index in [-0.39, 0.29) is 5.91 Å². The van der Waals surface area contributed by atoms with Crippen LogP contribution < -0.4 is 4.90 Å². The molecule has 0 radical (unpaired) electrons. The van der Waals surface area contributed by atoms with Crippen molar-refractivity contribution in [3.05, 3.63) is 53.1 Å². The molecule has 4 nitrogen and oxygen atoms in total. The van der Waals surface area contributed by atoms with E-state index in [1.807, 2.05) is 53.9 Å². The zero-order valence-corrected chi connectivity index (χ0v) is 18.8. The summed E-state index contributed by atoms with van der Waals surface area (Å²) >= 11 is 9.75. The van der Waals surface area contributed by atoms with E-state index in [0.717, 1.165) is 64.3 Å². The molecule has 0 aliphatic carbocycles. The minimum Gasteiger partial charge on any atom is -0.345 e. The number of amides is 1. The molecule has 1 aromatic heterocycles. The van der Waals surface area contributed by atoms with Gasteiger partial charge in [-0.15, -0.1) is 11.8 Å². The van der Waals surface area contributed by atoms with Crippen LogP contribution in [0.2, 0.25) is 5.02 Å². The largest absolute Gasteiger partial charge is 0.345 e. The molecule has 7 heteroatoms. The van der Waals surface area contributed by atoms with Crippen molar-refractivity contribution < 1.29 is 4.79 Å². The van der Waals surface area contributed by atoms with Crippen LogP contribution in [0.1, 0.15) is 18.4 Å². The molecular formula is C22H24ClN3OS2. The fourth-order valence-corrected chi connectivity index (χ4v) is 5.56. The number of aromatic nitrogens is 1. The number of thiazole rings is 1. The van der Waals surface area contributed by atoms with E-state index < -0.39 is 0 Å². The third-order valence-corrected chi connectivity index (χ3v) is 7.78. The summed E-state index contributed by atoms with van der Waals surface area (Å²) in [5.41, 5.74) is 2.03. The lowest BCUT2D eigenvalue weighted by Gasteiger charge is -2.34. The van der Waals surface area contributed by atoms with Crippen molar-refractivity contribution in [1.82, 2.24) is 9.88 Å². The second-order valence-corrected chi connectivity index (χ2v) is 9.73. The fraction of sp³-hybridized carbons (Fsp3) is 0.364. The Labute approximate surface area is 184 Å². The number of aryl methyl sites for hydroxylation is 1. The van der Waals surface area contributed by atoms with Crippen molar-refractivity contribution in [2.75, 3.05) is 36.8 Å². The first-order valence-electron chi connectivity index (χ1n) is 9.88. The maximum atomic E-state index is 12.5. The smallest absolute Gasteiger partial charge is 0.222 e. The van der Waals surface area contributed by atoms with Crippen LogP contribution in [0.15, 0.2) is 47.4 Å². The predicted octanol–water partition coefficient (Wildman–Crippen LogP) is 5.48. The predicted molar refractivity (Wildman–Crippen MR) is 125 cm³/mol. The van der Waals surface area contributed by atoms with Crippen molar-refractivity contribution >= 4 is 56.0 Å². The lowest BCUT2D eigenvalue weighted by molar-refractivity contribution is -0.131. The standard InChI is InChI=1S/C22H24ClN3OS2/c1-16-18(23)9-10-19-21(16)24-22(29-19)26-13-11-25(12-14-26)20(27)8-5-15-28-17-6-3-2-4-7-17/h2-4,6-7,9-10H,5,8,11-15H2,1H3. The Morgan fingerprint density at radius 3 is 2.66 bits per heavy atom. The van der Waals surface area contributed by atoms with Gasteiger partial charge in [-0.3, -0.25) is 4.79 Å². The zero-order chi connectivity index (χ0) is 20.2. The third kappa shape index (κ3) is 4.87. The van der Waals surface area contributed by atoms with Gasteiger partial charge in [0.25, 0.3) is 0 Å². The molecule has 2 aromatic carbocycles. The van der Waals surface area contributed by atoms with Gasteiger partial charge in [0.1, 0.15) is 0 Å². The second kappa shape index (κ2) is 9.37. The van der Waals surface area contributed by atoms with Crippen LogP contribution in [-0.2, 0) is 4.79 Å². The average Bonchev–Trinajstić information content (AvgIpc) is 3.20. The van der Waals surface area contributed by atoms with E-state index in [1.54, 1.807) is 11.3 Å². The fourth-order valence-electron chi connectivity index (χ4n) is 3.46. The molecule has 0 spiro atoms. The second-order valence-electron chi connectivity index (χ2n) is 7.15. The van der Waals surface area contributed by atoms with Crippen LogP contribution in [0.4, 0.5) is 5.13 Å². The molecule has 2 heterocycles. The van der Waals surface area contributed by atoms with E-state index in [0.29, 0.717) is 6.42 Å². The van der Waals surface area contributed by atoms with E-state index in [4.69, 9.17) is 16.6 Å². The summed E-state index contributed by atoms with van der Waals surface area (Å²) in [6, 6.07) is 14.3. The first kappa shape index (κ1) is 20.5. The summed E-state index contributed by atoms with van der Waals surface area (Å²) in [6.07, 6.45) is 1.54. The van der Waals surface area contributed by atoms with E-state index >= 15 is 0 Å². The SMILES string of the molecule is Cc1c(Cl)ccc2sc(N3CCN(C(=O)CCCSc4ccccc4)CC3)nc12. The number of nitrogens with zero attached hydrogens (tertiary/aromatic N) is 3. The number of anilines is 1. The summed E-state index contributed by atoms with van der Waals surface area (Å²) in [5.74, 6) is 1.24. The summed E-state index contributed by atoms with van der Waals surface area (Å²) in [6.45, 7) is 5.20. The van der Waals surface area contributed by atoms with Gasteiger partial charge >= 0.3 is 0 Å². The first-order chi connectivity index (χ1) is 14.1. The number of carbonyl (C=O) groups is 1. The quantitative estimate of drug-likeness (QED) is 0.372. The van der Waals surface area contributed by atoms with E-state index in [1.165, 1.54) is 4.90 Å². The number of piperazine rings is 1. The highest BCUT2D eigenvalue weighted by atomic mass is 35.5. The molecule has 1 aliphatic heterocycles. The van der Waals surface area contributed by atoms with E-state index in [9.17, 15) is 4.79 Å². The Morgan fingerprint density at radius 1 is 1.14 bits per heavy atom. The number of fused-ring (bicyclic) bond motifs is 1. The van der Waals surface area contributed by atoms with Gasteiger partial charge in [-0.05, 0) is 48.9 Å². The Kier molecular flexibility index (Phi) is 6.63. The molecule has 0 unspecified atom stereocenters. The van der Waals surface area contributed by atoms with Crippen LogP contribution >= 0.6 is 34.7 Å². The zero-order valence-electron chi connectivity index (χ0n) is 16.4. The number of hydrogen-bond acceptors (Lipinski definition) is 5. The third-order valence-electron chi connectivity index (χ3n) is 5.19. The topological polar surface area (TPSA) is 36.4 Å². The van der Waals surface area contributed by atoms with Crippen molar-refractivity contribution in [3.8, 4) is 0 Å². The average molecular weight is 446 g/mol. The van der Waals surface area contributed by atoms with Crippen molar-refractivity contribution in [2.24, 2.45) is 0 Å². The highest BCUT2D eigenvalue weighted by Crippen LogP contribution is 2.33.